The molecule has 2 rings (SSSR count). The van der Waals surface area contributed by atoms with Crippen molar-refractivity contribution in [3.8, 4) is 5.75 Å². The Kier molecular flexibility index (Phi) is 4.24. The highest BCUT2D eigenvalue weighted by molar-refractivity contribution is 6.30. The van der Waals surface area contributed by atoms with Crippen molar-refractivity contribution in [2.24, 2.45) is 0 Å². The monoisotopic (exact) mass is 261 g/mol. The van der Waals surface area contributed by atoms with Crippen LogP contribution in [0.15, 0.2) is 48.5 Å². The van der Waals surface area contributed by atoms with Crippen molar-refractivity contribution in [3.63, 3.8) is 0 Å². The molecule has 1 atom stereocenters. The summed E-state index contributed by atoms with van der Waals surface area (Å²) in [5, 5.41) is 13.5. The summed E-state index contributed by atoms with van der Waals surface area (Å²) in [6, 6.07) is 15.2. The van der Waals surface area contributed by atoms with Crippen molar-refractivity contribution in [1.29, 1.82) is 0 Å². The van der Waals surface area contributed by atoms with Crippen LogP contribution in [0.5, 0.6) is 5.75 Å². The van der Waals surface area contributed by atoms with Gasteiger partial charge in [-0.1, -0.05) is 42.8 Å². The number of hydrogen-bond donors (Lipinski definition) is 2. The van der Waals surface area contributed by atoms with Gasteiger partial charge in [-0.2, -0.15) is 0 Å². The molecular weight excluding hydrogens is 246 g/mol. The number of rotatable bonds is 4. The number of nitrogens with one attached hydrogen (secondary N) is 1. The molecule has 2 aromatic carbocycles. The number of halogens is 1. The average Bonchev–Trinajstić information content (AvgIpc) is 2.39. The van der Waals surface area contributed by atoms with E-state index in [0.717, 1.165) is 22.7 Å². The molecule has 2 N–H and O–H groups in total. The third-order valence-corrected chi connectivity index (χ3v) is 3.09. The third kappa shape index (κ3) is 3.03. The van der Waals surface area contributed by atoms with Gasteiger partial charge in [-0.05, 0) is 41.9 Å². The first-order valence-electron chi connectivity index (χ1n) is 5.98. The highest BCUT2D eigenvalue weighted by atomic mass is 35.5. The second-order valence-electron chi connectivity index (χ2n) is 4.13. The van der Waals surface area contributed by atoms with Crippen LogP contribution >= 0.6 is 11.6 Å². The first-order chi connectivity index (χ1) is 8.70. The Morgan fingerprint density at radius 2 is 1.50 bits per heavy atom. The molecule has 0 amide bonds. The lowest BCUT2D eigenvalue weighted by atomic mass is 9.98. The van der Waals surface area contributed by atoms with E-state index >= 15 is 0 Å². The number of benzene rings is 2. The van der Waals surface area contributed by atoms with E-state index in [-0.39, 0.29) is 11.8 Å². The maximum Gasteiger partial charge on any atom is 0.115 e. The Balaban J connectivity index is 2.33. The smallest absolute Gasteiger partial charge is 0.115 e. The molecule has 0 aliphatic heterocycles. The molecule has 1 unspecified atom stereocenters. The van der Waals surface area contributed by atoms with E-state index < -0.39 is 0 Å². The zero-order chi connectivity index (χ0) is 13.0. The molecule has 2 nitrogen and oxygen atoms in total. The first kappa shape index (κ1) is 12.9. The molecule has 0 aliphatic rings. The lowest BCUT2D eigenvalue weighted by Gasteiger charge is -2.19. The Hall–Kier alpha value is -1.51. The van der Waals surface area contributed by atoms with Gasteiger partial charge in [0, 0.05) is 5.02 Å². The minimum Gasteiger partial charge on any atom is -0.508 e. The lowest BCUT2D eigenvalue weighted by Crippen LogP contribution is -2.21. The van der Waals surface area contributed by atoms with E-state index in [1.807, 2.05) is 36.4 Å². The number of hydrogen-bond acceptors (Lipinski definition) is 2. The predicted molar refractivity (Wildman–Crippen MR) is 75.1 cm³/mol. The van der Waals surface area contributed by atoms with Crippen LogP contribution in [0.3, 0.4) is 0 Å². The fraction of sp³-hybridized carbons (Fsp3) is 0.200. The second-order valence-corrected chi connectivity index (χ2v) is 4.57. The molecule has 2 aromatic rings. The van der Waals surface area contributed by atoms with Gasteiger partial charge in [0.1, 0.15) is 5.75 Å². The summed E-state index contributed by atoms with van der Waals surface area (Å²) in [4.78, 5) is 0. The molecule has 0 spiro atoms. The molecule has 3 heteroatoms. The van der Waals surface area contributed by atoms with Crippen LogP contribution in [0.1, 0.15) is 24.1 Å². The van der Waals surface area contributed by atoms with E-state index in [1.165, 1.54) is 0 Å². The van der Waals surface area contributed by atoms with Crippen molar-refractivity contribution >= 4 is 11.6 Å². The summed E-state index contributed by atoms with van der Waals surface area (Å²) < 4.78 is 0. The van der Waals surface area contributed by atoms with Crippen LogP contribution in [-0.4, -0.2) is 11.7 Å². The van der Waals surface area contributed by atoms with Gasteiger partial charge in [0.05, 0.1) is 6.04 Å². The Morgan fingerprint density at radius 1 is 1.00 bits per heavy atom. The fourth-order valence-corrected chi connectivity index (χ4v) is 2.08. The maximum absolute atomic E-state index is 9.34. The Bertz CT molecular complexity index is 447. The van der Waals surface area contributed by atoms with Gasteiger partial charge < -0.3 is 10.4 Å². The van der Waals surface area contributed by atoms with Crippen LogP contribution in [0, 0.1) is 0 Å². The fourth-order valence-electron chi connectivity index (χ4n) is 1.95. The van der Waals surface area contributed by atoms with Crippen molar-refractivity contribution < 1.29 is 5.11 Å². The van der Waals surface area contributed by atoms with Crippen LogP contribution in [0.4, 0.5) is 0 Å². The normalized spacial score (nSPS) is 12.3. The van der Waals surface area contributed by atoms with E-state index in [1.54, 1.807) is 12.1 Å². The highest BCUT2D eigenvalue weighted by Crippen LogP contribution is 2.24. The van der Waals surface area contributed by atoms with E-state index in [0.29, 0.717) is 0 Å². The molecular formula is C15H16ClNO. The van der Waals surface area contributed by atoms with Gasteiger partial charge in [-0.25, -0.2) is 0 Å². The van der Waals surface area contributed by atoms with Crippen LogP contribution in [-0.2, 0) is 0 Å². The van der Waals surface area contributed by atoms with Gasteiger partial charge in [0.25, 0.3) is 0 Å². The first-order valence-corrected chi connectivity index (χ1v) is 6.36. The van der Waals surface area contributed by atoms with Crippen molar-refractivity contribution in [1.82, 2.24) is 5.32 Å². The SMILES string of the molecule is CCNC(c1ccc(O)cc1)c1ccc(Cl)cc1. The highest BCUT2D eigenvalue weighted by Gasteiger charge is 2.12. The van der Waals surface area contributed by atoms with Crippen LogP contribution < -0.4 is 5.32 Å². The summed E-state index contributed by atoms with van der Waals surface area (Å²) >= 11 is 5.91. The minimum atomic E-state index is 0.118. The number of aromatic hydroxyl groups is 1. The quantitative estimate of drug-likeness (QED) is 0.879. The Morgan fingerprint density at radius 3 is 2.00 bits per heavy atom. The van der Waals surface area contributed by atoms with Crippen molar-refractivity contribution in [3.05, 3.63) is 64.7 Å². The standard InChI is InChI=1S/C15H16ClNO/c1-2-17-15(11-3-7-13(16)8-4-11)12-5-9-14(18)10-6-12/h3-10,15,17-18H,2H2,1H3. The molecule has 0 heterocycles. The summed E-state index contributed by atoms with van der Waals surface area (Å²) in [7, 11) is 0. The lowest BCUT2D eigenvalue weighted by molar-refractivity contribution is 0.474. The molecule has 0 aromatic heterocycles. The van der Waals surface area contributed by atoms with Gasteiger partial charge in [0.2, 0.25) is 0 Å². The predicted octanol–water partition coefficient (Wildman–Crippen LogP) is 3.74. The van der Waals surface area contributed by atoms with E-state index in [9.17, 15) is 5.11 Å². The van der Waals surface area contributed by atoms with E-state index in [4.69, 9.17) is 11.6 Å². The van der Waals surface area contributed by atoms with Gasteiger partial charge >= 0.3 is 0 Å². The molecule has 18 heavy (non-hydrogen) atoms. The van der Waals surface area contributed by atoms with Gasteiger partial charge in [-0.15, -0.1) is 0 Å². The molecule has 0 fully saturated rings. The zero-order valence-electron chi connectivity index (χ0n) is 10.2. The van der Waals surface area contributed by atoms with Gasteiger partial charge in [-0.3, -0.25) is 0 Å². The maximum atomic E-state index is 9.34. The van der Waals surface area contributed by atoms with Crippen molar-refractivity contribution in [2.75, 3.05) is 6.54 Å². The molecule has 0 saturated heterocycles. The third-order valence-electron chi connectivity index (χ3n) is 2.84. The van der Waals surface area contributed by atoms with E-state index in [2.05, 4.69) is 12.2 Å². The molecule has 0 saturated carbocycles. The van der Waals surface area contributed by atoms with Gasteiger partial charge in [0.15, 0.2) is 0 Å². The Labute approximate surface area is 112 Å². The molecule has 0 aliphatic carbocycles. The number of phenols is 1. The summed E-state index contributed by atoms with van der Waals surface area (Å²) in [6.07, 6.45) is 0. The van der Waals surface area contributed by atoms with Crippen LogP contribution in [0.2, 0.25) is 5.02 Å². The minimum absolute atomic E-state index is 0.118. The molecule has 0 radical (unpaired) electrons. The van der Waals surface area contributed by atoms with Crippen LogP contribution in [0.25, 0.3) is 0 Å². The molecule has 0 bridgehead atoms. The van der Waals surface area contributed by atoms with Crippen molar-refractivity contribution in [2.45, 2.75) is 13.0 Å². The summed E-state index contributed by atoms with van der Waals surface area (Å²) in [6.45, 7) is 2.94. The largest absolute Gasteiger partial charge is 0.508 e. The second kappa shape index (κ2) is 5.89. The topological polar surface area (TPSA) is 32.3 Å². The summed E-state index contributed by atoms with van der Waals surface area (Å²) in [5.74, 6) is 0.283. The summed E-state index contributed by atoms with van der Waals surface area (Å²) in [5.41, 5.74) is 2.28. The average molecular weight is 262 g/mol. The molecule has 94 valence electrons. The zero-order valence-corrected chi connectivity index (χ0v) is 11.0. The number of phenolic OH excluding ortho intramolecular Hbond substituents is 1.